The second-order valence-electron chi connectivity index (χ2n) is 6.95. The summed E-state index contributed by atoms with van der Waals surface area (Å²) in [7, 11) is -1.65. The minimum Gasteiger partial charge on any atom is -0.495 e. The highest BCUT2D eigenvalue weighted by molar-refractivity contribution is 7.88. The van der Waals surface area contributed by atoms with Crippen LogP contribution in [0, 0.1) is 0 Å². The Balaban J connectivity index is 1.54. The van der Waals surface area contributed by atoms with Crippen molar-refractivity contribution in [3.63, 3.8) is 0 Å². The number of carbonyl (C=O) groups is 1. The van der Waals surface area contributed by atoms with Crippen molar-refractivity contribution in [3.05, 3.63) is 53.1 Å². The predicted octanol–water partition coefficient (Wildman–Crippen LogP) is 2.56. The molecule has 1 amide bonds. The van der Waals surface area contributed by atoms with Gasteiger partial charge in [-0.3, -0.25) is 10.1 Å². The maximum atomic E-state index is 12.4. The lowest BCUT2D eigenvalue weighted by Gasteiger charge is -2.34. The van der Waals surface area contributed by atoms with E-state index in [4.69, 9.17) is 28.6 Å². The van der Waals surface area contributed by atoms with E-state index >= 15 is 0 Å². The van der Waals surface area contributed by atoms with Crippen LogP contribution in [0.5, 0.6) is 5.75 Å². The number of piperazine rings is 1. The molecule has 1 saturated heterocycles. The summed E-state index contributed by atoms with van der Waals surface area (Å²) in [4.78, 5) is 14.5. The van der Waals surface area contributed by atoms with Gasteiger partial charge in [0.2, 0.25) is 10.0 Å². The molecule has 0 atom stereocenters. The summed E-state index contributed by atoms with van der Waals surface area (Å²) >= 11 is 11.3. The van der Waals surface area contributed by atoms with Crippen LogP contribution in [0.3, 0.4) is 0 Å². The van der Waals surface area contributed by atoms with Crippen LogP contribution in [0.4, 0.5) is 11.4 Å². The first-order chi connectivity index (χ1) is 14.7. The zero-order valence-electron chi connectivity index (χ0n) is 17.1. The van der Waals surface area contributed by atoms with Gasteiger partial charge in [0.05, 0.1) is 18.4 Å². The lowest BCUT2D eigenvalue weighted by molar-refractivity contribution is 0.0977. The normalized spacial score (nSPS) is 14.7. The van der Waals surface area contributed by atoms with Gasteiger partial charge >= 0.3 is 0 Å². The van der Waals surface area contributed by atoms with Crippen LogP contribution in [0.2, 0.25) is 5.02 Å². The number of nitrogens with zero attached hydrogens (tertiary/aromatic N) is 2. The standard InChI is InChI=1S/C20H23ClN4O4S2/c1-29-18-8-3-14(13-17(18)21)19(26)23-20(30)22-15-4-6-16(7-5-15)24-9-11-25(12-10-24)31(2,27)28/h3-8,13H,9-12H2,1-2H3,(H2,22,23,26,30). The van der Waals surface area contributed by atoms with E-state index in [-0.39, 0.29) is 11.0 Å². The number of sulfonamides is 1. The van der Waals surface area contributed by atoms with Crippen LogP contribution in [0.15, 0.2) is 42.5 Å². The predicted molar refractivity (Wildman–Crippen MR) is 127 cm³/mol. The van der Waals surface area contributed by atoms with Gasteiger partial charge in [0.1, 0.15) is 5.75 Å². The SMILES string of the molecule is COc1ccc(C(=O)NC(=S)Nc2ccc(N3CCN(S(C)(=O)=O)CC3)cc2)cc1Cl. The summed E-state index contributed by atoms with van der Waals surface area (Å²) in [6.07, 6.45) is 1.23. The van der Waals surface area contributed by atoms with Gasteiger partial charge < -0.3 is 15.0 Å². The first-order valence-electron chi connectivity index (χ1n) is 9.43. The Morgan fingerprint density at radius 2 is 1.74 bits per heavy atom. The Morgan fingerprint density at radius 1 is 1.10 bits per heavy atom. The highest BCUT2D eigenvalue weighted by Gasteiger charge is 2.23. The number of halogens is 1. The molecule has 0 saturated carbocycles. The van der Waals surface area contributed by atoms with E-state index in [0.29, 0.717) is 42.5 Å². The van der Waals surface area contributed by atoms with Gasteiger partial charge in [-0.2, -0.15) is 4.31 Å². The molecule has 11 heteroatoms. The van der Waals surface area contributed by atoms with E-state index in [2.05, 4.69) is 15.5 Å². The van der Waals surface area contributed by atoms with Crippen molar-refractivity contribution in [2.24, 2.45) is 0 Å². The first-order valence-corrected chi connectivity index (χ1v) is 12.1. The molecule has 3 rings (SSSR count). The fourth-order valence-corrected chi connectivity index (χ4v) is 4.47. The third kappa shape index (κ3) is 6.07. The smallest absolute Gasteiger partial charge is 0.257 e. The molecule has 2 N–H and O–H groups in total. The average Bonchev–Trinajstić information content (AvgIpc) is 2.73. The third-order valence-electron chi connectivity index (χ3n) is 4.84. The second-order valence-corrected chi connectivity index (χ2v) is 9.75. The number of ether oxygens (including phenoxy) is 1. The van der Waals surface area contributed by atoms with Gasteiger partial charge in [0.15, 0.2) is 5.11 Å². The largest absolute Gasteiger partial charge is 0.495 e. The van der Waals surface area contributed by atoms with E-state index in [0.717, 1.165) is 11.4 Å². The Morgan fingerprint density at radius 3 is 2.29 bits per heavy atom. The number of benzene rings is 2. The number of rotatable bonds is 5. The molecule has 1 aliphatic heterocycles. The molecule has 0 aliphatic carbocycles. The summed E-state index contributed by atoms with van der Waals surface area (Å²) < 4.78 is 29.8. The Kier molecular flexibility index (Phi) is 7.37. The molecule has 0 unspecified atom stereocenters. The molecule has 2 aromatic carbocycles. The van der Waals surface area contributed by atoms with Gasteiger partial charge in [-0.05, 0) is 54.7 Å². The molecular formula is C20H23ClN4O4S2. The minimum atomic E-state index is -3.15. The van der Waals surface area contributed by atoms with E-state index in [9.17, 15) is 13.2 Å². The zero-order chi connectivity index (χ0) is 22.6. The maximum Gasteiger partial charge on any atom is 0.257 e. The van der Waals surface area contributed by atoms with Crippen LogP contribution >= 0.6 is 23.8 Å². The van der Waals surface area contributed by atoms with E-state index in [1.807, 2.05) is 24.3 Å². The Bertz CT molecular complexity index is 1070. The van der Waals surface area contributed by atoms with Gasteiger partial charge in [-0.25, -0.2) is 8.42 Å². The summed E-state index contributed by atoms with van der Waals surface area (Å²) in [5.74, 6) is 0.0964. The highest BCUT2D eigenvalue weighted by atomic mass is 35.5. The number of anilines is 2. The molecule has 8 nitrogen and oxygen atoms in total. The summed E-state index contributed by atoms with van der Waals surface area (Å²) in [5.41, 5.74) is 2.07. The van der Waals surface area contributed by atoms with E-state index < -0.39 is 10.0 Å². The number of carbonyl (C=O) groups excluding carboxylic acids is 1. The summed E-state index contributed by atoms with van der Waals surface area (Å²) in [6.45, 7) is 2.17. The molecule has 0 radical (unpaired) electrons. The van der Waals surface area contributed by atoms with Gasteiger partial charge in [0.25, 0.3) is 5.91 Å². The van der Waals surface area contributed by atoms with Crippen molar-refractivity contribution in [2.75, 3.05) is 49.8 Å². The molecule has 1 fully saturated rings. The number of hydrogen-bond donors (Lipinski definition) is 2. The van der Waals surface area contributed by atoms with Crippen molar-refractivity contribution in [1.82, 2.24) is 9.62 Å². The molecule has 1 aliphatic rings. The van der Waals surface area contributed by atoms with Crippen molar-refractivity contribution < 1.29 is 17.9 Å². The number of methoxy groups -OCH3 is 1. The molecule has 2 aromatic rings. The van der Waals surface area contributed by atoms with Crippen molar-refractivity contribution in [2.45, 2.75) is 0 Å². The first kappa shape index (κ1) is 23.3. The molecule has 1 heterocycles. The zero-order valence-corrected chi connectivity index (χ0v) is 19.5. The third-order valence-corrected chi connectivity index (χ3v) is 6.64. The van der Waals surface area contributed by atoms with Gasteiger partial charge in [-0.15, -0.1) is 0 Å². The number of thiocarbonyl (C=S) groups is 1. The number of amides is 1. The molecule has 0 bridgehead atoms. The summed E-state index contributed by atoms with van der Waals surface area (Å²) in [6, 6.07) is 12.3. The van der Waals surface area contributed by atoms with Crippen LogP contribution < -0.4 is 20.3 Å². The van der Waals surface area contributed by atoms with E-state index in [1.54, 1.807) is 12.1 Å². The maximum absolute atomic E-state index is 12.4. The Hall–Kier alpha value is -2.40. The average molecular weight is 483 g/mol. The Labute approximate surface area is 192 Å². The topological polar surface area (TPSA) is 91.0 Å². The van der Waals surface area contributed by atoms with Crippen LogP contribution in [-0.2, 0) is 10.0 Å². The minimum absolute atomic E-state index is 0.159. The molecule has 0 aromatic heterocycles. The lowest BCUT2D eigenvalue weighted by Crippen LogP contribution is -2.48. The van der Waals surface area contributed by atoms with E-state index in [1.165, 1.54) is 23.7 Å². The summed E-state index contributed by atoms with van der Waals surface area (Å²) in [5, 5.41) is 6.08. The van der Waals surface area contributed by atoms with Crippen LogP contribution in [0.1, 0.15) is 10.4 Å². The molecule has 31 heavy (non-hydrogen) atoms. The van der Waals surface area contributed by atoms with Gasteiger partial charge in [-0.1, -0.05) is 11.6 Å². The van der Waals surface area contributed by atoms with Crippen LogP contribution in [-0.4, -0.2) is 63.3 Å². The monoisotopic (exact) mass is 482 g/mol. The molecular weight excluding hydrogens is 460 g/mol. The van der Waals surface area contributed by atoms with Crippen molar-refractivity contribution in [1.29, 1.82) is 0 Å². The van der Waals surface area contributed by atoms with Crippen molar-refractivity contribution >= 4 is 56.2 Å². The fourth-order valence-electron chi connectivity index (χ4n) is 3.18. The number of hydrogen-bond acceptors (Lipinski definition) is 6. The van der Waals surface area contributed by atoms with Crippen molar-refractivity contribution in [3.8, 4) is 5.75 Å². The molecule has 166 valence electrons. The fraction of sp³-hybridized carbons (Fsp3) is 0.300. The highest BCUT2D eigenvalue weighted by Crippen LogP contribution is 2.25. The second kappa shape index (κ2) is 9.82. The quantitative estimate of drug-likeness (QED) is 0.633. The lowest BCUT2D eigenvalue weighted by atomic mass is 10.2. The number of nitrogens with one attached hydrogen (secondary N) is 2. The van der Waals surface area contributed by atoms with Crippen LogP contribution in [0.25, 0.3) is 0 Å². The molecule has 0 spiro atoms. The van der Waals surface area contributed by atoms with Gasteiger partial charge in [0, 0.05) is 43.1 Å².